The Balaban J connectivity index is 1.00. The molecule has 5 heterocycles. The van der Waals surface area contributed by atoms with E-state index in [1.54, 1.807) is 18.2 Å². The van der Waals surface area contributed by atoms with E-state index in [1.165, 1.54) is 0 Å². The summed E-state index contributed by atoms with van der Waals surface area (Å²) in [7, 11) is 0. The Morgan fingerprint density at radius 2 is 1.83 bits per heavy atom. The molecule has 0 spiro atoms. The van der Waals surface area contributed by atoms with Gasteiger partial charge in [0.1, 0.15) is 17.2 Å². The SMILES string of the molecule is O=C(O)c1ccc2nc(CN3CCN(c4cccc(OCc5nc6ccccc6o5)n4)CC3)n(CC3CCO3)c2c1. The molecule has 7 rings (SSSR count). The zero-order valence-corrected chi connectivity index (χ0v) is 22.5. The summed E-state index contributed by atoms with van der Waals surface area (Å²) in [5.41, 5.74) is 3.46. The third-order valence-electron chi connectivity index (χ3n) is 7.71. The average molecular weight is 555 g/mol. The number of ether oxygens (including phenoxy) is 2. The highest BCUT2D eigenvalue weighted by molar-refractivity contribution is 5.92. The highest BCUT2D eigenvalue weighted by atomic mass is 16.5. The van der Waals surface area contributed by atoms with Gasteiger partial charge >= 0.3 is 5.97 Å². The Kier molecular flexibility index (Phi) is 6.73. The lowest BCUT2D eigenvalue weighted by Gasteiger charge is -2.35. The molecule has 0 bridgehead atoms. The Morgan fingerprint density at radius 3 is 2.61 bits per heavy atom. The highest BCUT2D eigenvalue weighted by Gasteiger charge is 2.25. The van der Waals surface area contributed by atoms with Crippen molar-refractivity contribution >= 4 is 33.9 Å². The van der Waals surface area contributed by atoms with Crippen molar-refractivity contribution < 1.29 is 23.8 Å². The molecule has 2 aromatic carbocycles. The Labute approximate surface area is 235 Å². The smallest absolute Gasteiger partial charge is 0.335 e. The number of anilines is 1. The van der Waals surface area contributed by atoms with Crippen molar-refractivity contribution in [3.8, 4) is 5.88 Å². The van der Waals surface area contributed by atoms with E-state index >= 15 is 0 Å². The topological polar surface area (TPSA) is 119 Å². The summed E-state index contributed by atoms with van der Waals surface area (Å²) in [6.45, 7) is 5.66. The molecule has 5 aromatic rings. The van der Waals surface area contributed by atoms with Crippen LogP contribution in [0.4, 0.5) is 5.82 Å². The van der Waals surface area contributed by atoms with Crippen molar-refractivity contribution in [2.45, 2.75) is 32.2 Å². The van der Waals surface area contributed by atoms with Crippen LogP contribution in [-0.2, 0) is 24.4 Å². The number of aromatic nitrogens is 4. The summed E-state index contributed by atoms with van der Waals surface area (Å²) in [6, 6.07) is 18.6. The van der Waals surface area contributed by atoms with E-state index in [1.807, 2.05) is 42.5 Å². The molecule has 11 heteroatoms. The van der Waals surface area contributed by atoms with Gasteiger partial charge in [0.15, 0.2) is 12.2 Å². The number of benzene rings is 2. The molecular formula is C30H30N6O5. The minimum Gasteiger partial charge on any atom is -0.478 e. The lowest BCUT2D eigenvalue weighted by molar-refractivity contribution is -0.0592. The van der Waals surface area contributed by atoms with Gasteiger partial charge in [0, 0.05) is 38.9 Å². The normalized spacial score (nSPS) is 17.7. The van der Waals surface area contributed by atoms with Crippen LogP contribution in [0.15, 0.2) is 65.1 Å². The largest absolute Gasteiger partial charge is 0.478 e. The van der Waals surface area contributed by atoms with Gasteiger partial charge in [0.25, 0.3) is 0 Å². The number of rotatable bonds is 9. The van der Waals surface area contributed by atoms with Gasteiger partial charge in [-0.3, -0.25) is 4.90 Å². The van der Waals surface area contributed by atoms with Crippen molar-refractivity contribution in [3.63, 3.8) is 0 Å². The molecule has 0 saturated carbocycles. The quantitative estimate of drug-likeness (QED) is 0.287. The summed E-state index contributed by atoms with van der Waals surface area (Å²) < 4.78 is 19.5. The molecule has 0 amide bonds. The molecule has 0 aliphatic carbocycles. The summed E-state index contributed by atoms with van der Waals surface area (Å²) in [5.74, 6) is 1.90. The zero-order chi connectivity index (χ0) is 27.8. The van der Waals surface area contributed by atoms with Crippen LogP contribution in [0.3, 0.4) is 0 Å². The number of aromatic carboxylic acids is 1. The third kappa shape index (κ3) is 5.33. The number of para-hydroxylation sites is 2. The van der Waals surface area contributed by atoms with Crippen LogP contribution in [0, 0.1) is 0 Å². The fraction of sp³-hybridized carbons (Fsp3) is 0.333. The molecule has 1 atom stereocenters. The van der Waals surface area contributed by atoms with Gasteiger partial charge in [-0.05, 0) is 42.8 Å². The molecule has 2 aliphatic heterocycles. The molecule has 2 saturated heterocycles. The minimum atomic E-state index is -0.938. The predicted molar refractivity (Wildman–Crippen MR) is 151 cm³/mol. The number of pyridine rings is 1. The number of fused-ring (bicyclic) bond motifs is 2. The molecular weight excluding hydrogens is 524 g/mol. The molecule has 2 fully saturated rings. The lowest BCUT2D eigenvalue weighted by atomic mass is 10.1. The van der Waals surface area contributed by atoms with Gasteiger partial charge in [-0.25, -0.2) is 14.8 Å². The Morgan fingerprint density at radius 1 is 0.976 bits per heavy atom. The molecule has 1 N–H and O–H groups in total. The van der Waals surface area contributed by atoms with Gasteiger partial charge in [-0.1, -0.05) is 18.2 Å². The fourth-order valence-electron chi connectivity index (χ4n) is 5.38. The van der Waals surface area contributed by atoms with Gasteiger partial charge in [-0.2, -0.15) is 4.98 Å². The van der Waals surface area contributed by atoms with Crippen LogP contribution in [0.2, 0.25) is 0 Å². The van der Waals surface area contributed by atoms with Crippen LogP contribution >= 0.6 is 0 Å². The number of carboxylic acids is 1. The maximum Gasteiger partial charge on any atom is 0.335 e. The number of carbonyl (C=O) groups is 1. The minimum absolute atomic E-state index is 0.139. The van der Waals surface area contributed by atoms with E-state index in [4.69, 9.17) is 23.9 Å². The molecule has 41 heavy (non-hydrogen) atoms. The molecule has 210 valence electrons. The van der Waals surface area contributed by atoms with Crippen molar-refractivity contribution in [1.82, 2.24) is 24.4 Å². The second-order valence-corrected chi connectivity index (χ2v) is 10.4. The first kappa shape index (κ1) is 25.5. The van der Waals surface area contributed by atoms with E-state index in [0.717, 1.165) is 73.0 Å². The van der Waals surface area contributed by atoms with Gasteiger partial charge < -0.3 is 28.5 Å². The predicted octanol–water partition coefficient (Wildman–Crippen LogP) is 3.96. The number of piperazine rings is 1. The van der Waals surface area contributed by atoms with Crippen LogP contribution in [0.1, 0.15) is 28.5 Å². The number of carboxylic acid groups (broad SMARTS) is 1. The summed E-state index contributed by atoms with van der Waals surface area (Å²) in [4.78, 5) is 30.3. The molecule has 2 aliphatic rings. The second kappa shape index (κ2) is 10.8. The van der Waals surface area contributed by atoms with Crippen molar-refractivity contribution in [3.05, 3.63) is 77.9 Å². The van der Waals surface area contributed by atoms with Gasteiger partial charge in [-0.15, -0.1) is 0 Å². The monoisotopic (exact) mass is 554 g/mol. The maximum atomic E-state index is 11.6. The first-order chi connectivity index (χ1) is 20.1. The summed E-state index contributed by atoms with van der Waals surface area (Å²) >= 11 is 0. The first-order valence-electron chi connectivity index (χ1n) is 13.8. The molecule has 3 aromatic heterocycles. The zero-order valence-electron chi connectivity index (χ0n) is 22.5. The van der Waals surface area contributed by atoms with E-state index in [0.29, 0.717) is 24.9 Å². The Hall–Kier alpha value is -4.48. The van der Waals surface area contributed by atoms with E-state index in [2.05, 4.69) is 19.4 Å². The van der Waals surface area contributed by atoms with Gasteiger partial charge in [0.2, 0.25) is 11.8 Å². The first-order valence-corrected chi connectivity index (χ1v) is 13.8. The highest BCUT2D eigenvalue weighted by Crippen LogP contribution is 2.25. The van der Waals surface area contributed by atoms with E-state index in [9.17, 15) is 9.90 Å². The number of hydrogen-bond donors (Lipinski definition) is 1. The lowest BCUT2D eigenvalue weighted by Crippen LogP contribution is -2.46. The van der Waals surface area contributed by atoms with Crippen molar-refractivity contribution in [1.29, 1.82) is 0 Å². The van der Waals surface area contributed by atoms with Crippen LogP contribution in [-0.4, -0.2) is 74.4 Å². The number of hydrogen-bond acceptors (Lipinski definition) is 9. The van der Waals surface area contributed by atoms with Crippen LogP contribution in [0.25, 0.3) is 22.1 Å². The molecule has 11 nitrogen and oxygen atoms in total. The van der Waals surface area contributed by atoms with Crippen LogP contribution < -0.4 is 9.64 Å². The number of oxazole rings is 1. The molecule has 1 unspecified atom stereocenters. The van der Waals surface area contributed by atoms with E-state index in [-0.39, 0.29) is 18.3 Å². The number of nitrogens with zero attached hydrogens (tertiary/aromatic N) is 6. The standard InChI is InChI=1S/C30H30N6O5/c37-30(38)20-8-9-22-24(16-20)36(17-21-10-15-39-21)27(31-22)18-34-11-13-35(14-12-34)26-6-3-7-28(33-26)40-19-29-32-23-4-1-2-5-25(23)41-29/h1-9,16,21H,10-15,17-19H2,(H,37,38). The van der Waals surface area contributed by atoms with Crippen molar-refractivity contribution in [2.75, 3.05) is 37.7 Å². The van der Waals surface area contributed by atoms with Gasteiger partial charge in [0.05, 0.1) is 35.8 Å². The second-order valence-electron chi connectivity index (χ2n) is 10.4. The average Bonchev–Trinajstić information content (AvgIpc) is 3.54. The molecule has 0 radical (unpaired) electrons. The van der Waals surface area contributed by atoms with Crippen molar-refractivity contribution in [2.24, 2.45) is 0 Å². The van der Waals surface area contributed by atoms with Crippen LogP contribution in [0.5, 0.6) is 5.88 Å². The summed E-state index contributed by atoms with van der Waals surface area (Å²) in [6.07, 6.45) is 1.14. The number of imidazole rings is 1. The fourth-order valence-corrected chi connectivity index (χ4v) is 5.38. The summed E-state index contributed by atoms with van der Waals surface area (Å²) in [5, 5.41) is 9.50. The third-order valence-corrected chi connectivity index (χ3v) is 7.71. The van der Waals surface area contributed by atoms with E-state index < -0.39 is 5.97 Å². The Bertz CT molecular complexity index is 1670. The maximum absolute atomic E-state index is 11.6.